The number of carbonyl (C=O) groups is 3. The fraction of sp³-hybridized carbons (Fsp3) is 0.235. The molecule has 0 fully saturated rings. The molecule has 0 aliphatic heterocycles. The Balaban J connectivity index is 1.83. The molecule has 0 spiro atoms. The Kier molecular flexibility index (Phi) is 5.73. The predicted octanol–water partition coefficient (Wildman–Crippen LogP) is 2.64. The van der Waals surface area contributed by atoms with Gasteiger partial charge in [0.15, 0.2) is 6.61 Å². The van der Waals surface area contributed by atoms with E-state index in [1.54, 1.807) is 32.0 Å². The van der Waals surface area contributed by atoms with Crippen LogP contribution in [0.25, 0.3) is 0 Å². The Morgan fingerprint density at radius 3 is 2.38 bits per heavy atom. The lowest BCUT2D eigenvalue weighted by Gasteiger charge is -2.09. The zero-order valence-corrected chi connectivity index (χ0v) is 13.3. The number of nitrogens with one attached hydrogen (secondary N) is 1. The molecule has 0 saturated heterocycles. The number of hydrogen-bond donors (Lipinski definition) is 1. The van der Waals surface area contributed by atoms with Crippen LogP contribution in [-0.2, 0) is 14.3 Å². The van der Waals surface area contributed by atoms with Crippen LogP contribution in [0.4, 0.5) is 5.69 Å². The number of amides is 1. The van der Waals surface area contributed by atoms with Gasteiger partial charge in [-0.2, -0.15) is 0 Å². The fourth-order valence-electron chi connectivity index (χ4n) is 1.77. The molecule has 1 amide bonds. The standard InChI is InChI=1S/C17H17NO6/c1-11(2)24-16(20)12-5-7-13(8-6-12)18-15(19)10-23-17(21)14-4-3-9-22-14/h3-9,11H,10H2,1-2H3,(H,18,19). The second kappa shape index (κ2) is 7.96. The molecule has 0 saturated carbocycles. The van der Waals surface area contributed by atoms with Crippen LogP contribution in [-0.4, -0.2) is 30.6 Å². The molecule has 1 N–H and O–H groups in total. The van der Waals surface area contributed by atoms with Gasteiger partial charge < -0.3 is 19.2 Å². The van der Waals surface area contributed by atoms with Crippen molar-refractivity contribution in [3.8, 4) is 0 Å². The highest BCUT2D eigenvalue weighted by atomic mass is 16.5. The first-order valence-electron chi connectivity index (χ1n) is 7.27. The maximum absolute atomic E-state index is 11.7. The Labute approximate surface area is 138 Å². The van der Waals surface area contributed by atoms with E-state index in [-0.39, 0.29) is 11.9 Å². The largest absolute Gasteiger partial charge is 0.459 e. The summed E-state index contributed by atoms with van der Waals surface area (Å²) in [6, 6.07) is 9.18. The molecular formula is C17H17NO6. The third kappa shape index (κ3) is 4.98. The monoisotopic (exact) mass is 331 g/mol. The van der Waals surface area contributed by atoms with Gasteiger partial charge >= 0.3 is 11.9 Å². The van der Waals surface area contributed by atoms with Crippen molar-refractivity contribution in [1.82, 2.24) is 0 Å². The summed E-state index contributed by atoms with van der Waals surface area (Å²) in [5.74, 6) is -1.64. The molecule has 0 atom stereocenters. The van der Waals surface area contributed by atoms with E-state index in [9.17, 15) is 14.4 Å². The van der Waals surface area contributed by atoms with E-state index >= 15 is 0 Å². The number of ether oxygens (including phenoxy) is 2. The molecule has 7 heteroatoms. The van der Waals surface area contributed by atoms with Gasteiger partial charge in [0.25, 0.3) is 5.91 Å². The second-order valence-corrected chi connectivity index (χ2v) is 5.13. The van der Waals surface area contributed by atoms with Crippen molar-refractivity contribution in [2.45, 2.75) is 20.0 Å². The maximum Gasteiger partial charge on any atom is 0.374 e. The highest BCUT2D eigenvalue weighted by Crippen LogP contribution is 2.11. The van der Waals surface area contributed by atoms with Crippen molar-refractivity contribution in [1.29, 1.82) is 0 Å². The molecule has 126 valence electrons. The van der Waals surface area contributed by atoms with E-state index in [0.29, 0.717) is 11.3 Å². The average Bonchev–Trinajstić information content (AvgIpc) is 3.07. The van der Waals surface area contributed by atoms with Crippen LogP contribution in [0.2, 0.25) is 0 Å². The molecule has 1 aromatic heterocycles. The highest BCUT2D eigenvalue weighted by molar-refractivity contribution is 5.95. The maximum atomic E-state index is 11.7. The summed E-state index contributed by atoms with van der Waals surface area (Å²) in [5.41, 5.74) is 0.848. The molecule has 2 aromatic rings. The first-order valence-corrected chi connectivity index (χ1v) is 7.27. The lowest BCUT2D eigenvalue weighted by atomic mass is 10.2. The SMILES string of the molecule is CC(C)OC(=O)c1ccc(NC(=O)COC(=O)c2ccco2)cc1. The first kappa shape index (κ1) is 17.3. The van der Waals surface area contributed by atoms with Crippen molar-refractivity contribution in [3.05, 3.63) is 54.0 Å². The van der Waals surface area contributed by atoms with Gasteiger partial charge in [0.2, 0.25) is 5.76 Å². The Morgan fingerprint density at radius 1 is 1.08 bits per heavy atom. The number of esters is 2. The van der Waals surface area contributed by atoms with Gasteiger partial charge in [-0.15, -0.1) is 0 Å². The third-order valence-electron chi connectivity index (χ3n) is 2.80. The summed E-state index contributed by atoms with van der Waals surface area (Å²) in [6.45, 7) is 3.07. The lowest BCUT2D eigenvalue weighted by Crippen LogP contribution is -2.20. The number of furan rings is 1. The van der Waals surface area contributed by atoms with Crippen LogP contribution < -0.4 is 5.32 Å². The van der Waals surface area contributed by atoms with Crippen molar-refractivity contribution < 1.29 is 28.3 Å². The van der Waals surface area contributed by atoms with Crippen molar-refractivity contribution in [2.24, 2.45) is 0 Å². The van der Waals surface area contributed by atoms with Crippen LogP contribution in [0.3, 0.4) is 0 Å². The minimum Gasteiger partial charge on any atom is -0.459 e. The highest BCUT2D eigenvalue weighted by Gasteiger charge is 2.13. The molecule has 0 aliphatic carbocycles. The van der Waals surface area contributed by atoms with Crippen LogP contribution in [0.5, 0.6) is 0 Å². The van der Waals surface area contributed by atoms with E-state index in [1.165, 1.54) is 24.5 Å². The van der Waals surface area contributed by atoms with Crippen molar-refractivity contribution in [2.75, 3.05) is 11.9 Å². The minimum absolute atomic E-state index is 0.0239. The second-order valence-electron chi connectivity index (χ2n) is 5.13. The molecule has 1 aromatic carbocycles. The van der Waals surface area contributed by atoms with E-state index in [1.807, 2.05) is 0 Å². The summed E-state index contributed by atoms with van der Waals surface area (Å²) >= 11 is 0. The molecule has 7 nitrogen and oxygen atoms in total. The zero-order chi connectivity index (χ0) is 17.5. The van der Waals surface area contributed by atoms with Crippen molar-refractivity contribution >= 4 is 23.5 Å². The van der Waals surface area contributed by atoms with E-state index in [0.717, 1.165) is 0 Å². The van der Waals surface area contributed by atoms with Gasteiger partial charge in [0.05, 0.1) is 17.9 Å². The molecule has 1 heterocycles. The van der Waals surface area contributed by atoms with Gasteiger partial charge in [-0.25, -0.2) is 9.59 Å². The molecule has 0 bridgehead atoms. The average molecular weight is 331 g/mol. The molecule has 0 radical (unpaired) electrons. The van der Waals surface area contributed by atoms with Crippen LogP contribution in [0.1, 0.15) is 34.8 Å². The van der Waals surface area contributed by atoms with Gasteiger partial charge in [-0.3, -0.25) is 4.79 Å². The summed E-state index contributed by atoms with van der Waals surface area (Å²) in [4.78, 5) is 35.0. The summed E-state index contributed by atoms with van der Waals surface area (Å²) in [5, 5.41) is 2.55. The Bertz CT molecular complexity index is 703. The number of hydrogen-bond acceptors (Lipinski definition) is 6. The van der Waals surface area contributed by atoms with Crippen LogP contribution in [0.15, 0.2) is 47.1 Å². The molecule has 0 unspecified atom stereocenters. The summed E-state index contributed by atoms with van der Waals surface area (Å²) < 4.78 is 14.7. The first-order chi connectivity index (χ1) is 11.5. The van der Waals surface area contributed by atoms with Crippen molar-refractivity contribution in [3.63, 3.8) is 0 Å². The minimum atomic E-state index is -0.720. The van der Waals surface area contributed by atoms with E-state index in [4.69, 9.17) is 13.9 Å². The number of carbonyl (C=O) groups excluding carboxylic acids is 3. The third-order valence-corrected chi connectivity index (χ3v) is 2.80. The van der Waals surface area contributed by atoms with E-state index in [2.05, 4.69) is 5.32 Å². The Hall–Kier alpha value is -3.09. The smallest absolute Gasteiger partial charge is 0.374 e. The lowest BCUT2D eigenvalue weighted by molar-refractivity contribution is -0.119. The quantitative estimate of drug-likeness (QED) is 0.818. The topological polar surface area (TPSA) is 94.8 Å². The summed E-state index contributed by atoms with van der Waals surface area (Å²) in [7, 11) is 0. The number of rotatable bonds is 6. The fourth-order valence-corrected chi connectivity index (χ4v) is 1.77. The number of benzene rings is 1. The van der Waals surface area contributed by atoms with Crippen LogP contribution >= 0.6 is 0 Å². The number of anilines is 1. The molecular weight excluding hydrogens is 314 g/mol. The van der Waals surface area contributed by atoms with Gasteiger partial charge in [0.1, 0.15) is 0 Å². The summed E-state index contributed by atoms with van der Waals surface area (Å²) in [6.07, 6.45) is 1.13. The normalized spacial score (nSPS) is 10.3. The van der Waals surface area contributed by atoms with Gasteiger partial charge in [-0.1, -0.05) is 0 Å². The van der Waals surface area contributed by atoms with E-state index < -0.39 is 24.5 Å². The predicted molar refractivity (Wildman–Crippen MR) is 84.6 cm³/mol. The van der Waals surface area contributed by atoms with Gasteiger partial charge in [-0.05, 0) is 50.2 Å². The van der Waals surface area contributed by atoms with Gasteiger partial charge in [0, 0.05) is 5.69 Å². The molecule has 2 rings (SSSR count). The van der Waals surface area contributed by atoms with Crippen LogP contribution in [0, 0.1) is 0 Å². The molecule has 24 heavy (non-hydrogen) atoms. The zero-order valence-electron chi connectivity index (χ0n) is 13.3. The molecule has 0 aliphatic rings. The Morgan fingerprint density at radius 2 is 1.79 bits per heavy atom.